The van der Waals surface area contributed by atoms with Gasteiger partial charge in [-0.2, -0.15) is 0 Å². The summed E-state index contributed by atoms with van der Waals surface area (Å²) in [7, 11) is 7.23. The van der Waals surface area contributed by atoms with Gasteiger partial charge in [-0.1, -0.05) is 12.1 Å². The molecule has 1 heterocycles. The summed E-state index contributed by atoms with van der Waals surface area (Å²) in [4.78, 5) is 17.3. The van der Waals surface area contributed by atoms with Crippen LogP contribution in [0.15, 0.2) is 42.5 Å². The van der Waals surface area contributed by atoms with Gasteiger partial charge in [-0.25, -0.2) is 0 Å². The van der Waals surface area contributed by atoms with E-state index in [2.05, 4.69) is 39.4 Å². The molecule has 1 unspecified atom stereocenters. The Morgan fingerprint density at radius 2 is 1.69 bits per heavy atom. The van der Waals surface area contributed by atoms with Gasteiger partial charge in [0.2, 0.25) is 0 Å². The van der Waals surface area contributed by atoms with Crippen LogP contribution in [0.25, 0.3) is 0 Å². The van der Waals surface area contributed by atoms with Crippen LogP contribution in [-0.4, -0.2) is 58.8 Å². The van der Waals surface area contributed by atoms with Crippen LogP contribution in [-0.2, 0) is 0 Å². The fourth-order valence-electron chi connectivity index (χ4n) is 3.77. The number of nitrogens with one attached hydrogen (secondary N) is 1. The molecule has 0 bridgehead atoms. The third kappa shape index (κ3) is 5.01. The number of carbonyl (C=O) groups excluding carboxylic acids is 1. The van der Waals surface area contributed by atoms with Gasteiger partial charge in [-0.05, 0) is 61.8 Å². The van der Waals surface area contributed by atoms with Crippen molar-refractivity contribution in [2.24, 2.45) is 0 Å². The molecule has 0 aromatic heterocycles. The first-order valence-electron chi connectivity index (χ1n) is 10.0. The Labute approximate surface area is 173 Å². The molecule has 1 saturated heterocycles. The van der Waals surface area contributed by atoms with Crippen molar-refractivity contribution in [2.45, 2.75) is 18.9 Å². The molecule has 6 nitrogen and oxygen atoms in total. The van der Waals surface area contributed by atoms with Crippen molar-refractivity contribution in [2.75, 3.05) is 52.8 Å². The van der Waals surface area contributed by atoms with Crippen LogP contribution in [0.1, 0.15) is 34.8 Å². The quantitative estimate of drug-likeness (QED) is 0.740. The molecule has 1 atom stereocenters. The van der Waals surface area contributed by atoms with Crippen LogP contribution in [0.3, 0.4) is 0 Å². The van der Waals surface area contributed by atoms with Gasteiger partial charge in [-0.15, -0.1) is 0 Å². The zero-order chi connectivity index (χ0) is 20.8. The van der Waals surface area contributed by atoms with Gasteiger partial charge < -0.3 is 19.7 Å². The molecule has 2 aromatic rings. The molecule has 1 N–H and O–H groups in total. The number of likely N-dealkylation sites (tertiary alicyclic amines) is 1. The van der Waals surface area contributed by atoms with E-state index in [1.54, 1.807) is 32.4 Å². The second-order valence-corrected chi connectivity index (χ2v) is 7.52. The first kappa shape index (κ1) is 21.0. The van der Waals surface area contributed by atoms with Gasteiger partial charge in [0.05, 0.1) is 20.3 Å². The number of methoxy groups -OCH3 is 2. The third-order valence-corrected chi connectivity index (χ3v) is 5.48. The normalized spacial score (nSPS) is 15.0. The zero-order valence-corrected chi connectivity index (χ0v) is 17.8. The Balaban J connectivity index is 1.73. The topological polar surface area (TPSA) is 54.0 Å². The molecule has 1 amide bonds. The van der Waals surface area contributed by atoms with Crippen molar-refractivity contribution in [1.29, 1.82) is 0 Å². The van der Waals surface area contributed by atoms with E-state index in [1.807, 2.05) is 14.1 Å². The van der Waals surface area contributed by atoms with Crippen molar-refractivity contribution < 1.29 is 14.3 Å². The van der Waals surface area contributed by atoms with E-state index in [9.17, 15) is 4.79 Å². The van der Waals surface area contributed by atoms with Crippen molar-refractivity contribution in [1.82, 2.24) is 10.2 Å². The maximum Gasteiger partial charge on any atom is 0.251 e. The van der Waals surface area contributed by atoms with Crippen LogP contribution < -0.4 is 19.7 Å². The largest absolute Gasteiger partial charge is 0.493 e. The van der Waals surface area contributed by atoms with Crippen LogP contribution in [0.4, 0.5) is 5.69 Å². The van der Waals surface area contributed by atoms with Crippen molar-refractivity contribution in [3.05, 3.63) is 53.6 Å². The third-order valence-electron chi connectivity index (χ3n) is 5.48. The van der Waals surface area contributed by atoms with Crippen LogP contribution in [0, 0.1) is 0 Å². The Hall–Kier alpha value is -2.73. The number of rotatable bonds is 8. The monoisotopic (exact) mass is 397 g/mol. The molecule has 2 aromatic carbocycles. The molecular weight excluding hydrogens is 366 g/mol. The minimum Gasteiger partial charge on any atom is -0.493 e. The Bertz CT molecular complexity index is 815. The summed E-state index contributed by atoms with van der Waals surface area (Å²) in [6.07, 6.45) is 2.41. The predicted molar refractivity (Wildman–Crippen MR) is 116 cm³/mol. The Morgan fingerprint density at radius 3 is 2.28 bits per heavy atom. The lowest BCUT2D eigenvalue weighted by Gasteiger charge is -2.28. The van der Waals surface area contributed by atoms with E-state index in [0.717, 1.165) is 13.1 Å². The highest BCUT2D eigenvalue weighted by atomic mass is 16.5. The van der Waals surface area contributed by atoms with Crippen LogP contribution in [0.2, 0.25) is 0 Å². The highest BCUT2D eigenvalue weighted by Crippen LogP contribution is 2.28. The molecule has 0 radical (unpaired) electrons. The first-order valence-corrected chi connectivity index (χ1v) is 10.0. The summed E-state index contributed by atoms with van der Waals surface area (Å²) >= 11 is 0. The van der Waals surface area contributed by atoms with E-state index in [4.69, 9.17) is 9.47 Å². The number of carbonyl (C=O) groups is 1. The molecule has 1 fully saturated rings. The average molecular weight is 398 g/mol. The number of anilines is 1. The molecule has 29 heavy (non-hydrogen) atoms. The predicted octanol–water partition coefficient (Wildman–Crippen LogP) is 3.34. The van der Waals surface area contributed by atoms with Crippen LogP contribution >= 0.6 is 0 Å². The van der Waals surface area contributed by atoms with Gasteiger partial charge in [-0.3, -0.25) is 9.69 Å². The second kappa shape index (κ2) is 9.65. The minimum absolute atomic E-state index is 0.111. The molecule has 0 aliphatic carbocycles. The van der Waals surface area contributed by atoms with Gasteiger partial charge >= 0.3 is 0 Å². The van der Waals surface area contributed by atoms with Gasteiger partial charge in [0.1, 0.15) is 0 Å². The molecule has 0 spiro atoms. The fourth-order valence-corrected chi connectivity index (χ4v) is 3.77. The molecule has 6 heteroatoms. The molecular formula is C23H31N3O3. The summed E-state index contributed by atoms with van der Waals surface area (Å²) in [5.74, 6) is 1.05. The SMILES string of the molecule is COc1ccc(C(=O)NCC(c2ccc(N(C)C)cc2)N2CCCC2)cc1OC. The Morgan fingerprint density at radius 1 is 1.03 bits per heavy atom. The van der Waals surface area contributed by atoms with E-state index >= 15 is 0 Å². The van der Waals surface area contributed by atoms with E-state index < -0.39 is 0 Å². The zero-order valence-electron chi connectivity index (χ0n) is 17.8. The second-order valence-electron chi connectivity index (χ2n) is 7.52. The maximum absolute atomic E-state index is 12.8. The number of hydrogen-bond acceptors (Lipinski definition) is 5. The van der Waals surface area contributed by atoms with Gasteiger partial charge in [0.25, 0.3) is 5.91 Å². The highest BCUT2D eigenvalue weighted by Gasteiger charge is 2.24. The summed E-state index contributed by atoms with van der Waals surface area (Å²) in [5, 5.41) is 3.11. The van der Waals surface area contributed by atoms with Gasteiger partial charge in [0, 0.05) is 31.9 Å². The Kier molecular flexibility index (Phi) is 6.99. The summed E-state index contributed by atoms with van der Waals surface area (Å²) in [6.45, 7) is 2.69. The van der Waals surface area contributed by atoms with Crippen molar-refractivity contribution in [3.8, 4) is 11.5 Å². The molecule has 3 rings (SSSR count). The summed E-state index contributed by atoms with van der Waals surface area (Å²) in [6, 6.07) is 14.0. The highest BCUT2D eigenvalue weighted by molar-refractivity contribution is 5.94. The number of hydrogen-bond donors (Lipinski definition) is 1. The maximum atomic E-state index is 12.8. The lowest BCUT2D eigenvalue weighted by molar-refractivity contribution is 0.0937. The van der Waals surface area contributed by atoms with Crippen LogP contribution in [0.5, 0.6) is 11.5 Å². The van der Waals surface area contributed by atoms with Crippen molar-refractivity contribution in [3.63, 3.8) is 0 Å². The van der Waals surface area contributed by atoms with E-state index in [-0.39, 0.29) is 11.9 Å². The van der Waals surface area contributed by atoms with Crippen molar-refractivity contribution >= 4 is 11.6 Å². The minimum atomic E-state index is -0.111. The standard InChI is InChI=1S/C23H31N3O3/c1-25(2)19-10-7-17(8-11-19)20(26-13-5-6-14-26)16-24-23(27)18-9-12-21(28-3)22(15-18)29-4/h7-12,15,20H,5-6,13-14,16H2,1-4H3,(H,24,27). The number of nitrogens with zero attached hydrogens (tertiary/aromatic N) is 2. The van der Waals surface area contributed by atoms with E-state index in [0.29, 0.717) is 23.6 Å². The first-order chi connectivity index (χ1) is 14.0. The fraction of sp³-hybridized carbons (Fsp3) is 0.435. The molecule has 0 saturated carbocycles. The lowest BCUT2D eigenvalue weighted by atomic mass is 10.0. The molecule has 1 aliphatic heterocycles. The molecule has 1 aliphatic rings. The summed E-state index contributed by atoms with van der Waals surface area (Å²) < 4.78 is 10.6. The summed E-state index contributed by atoms with van der Waals surface area (Å²) in [5.41, 5.74) is 2.96. The number of benzene rings is 2. The number of amides is 1. The van der Waals surface area contributed by atoms with E-state index in [1.165, 1.54) is 24.1 Å². The van der Waals surface area contributed by atoms with Gasteiger partial charge in [0.15, 0.2) is 11.5 Å². The lowest BCUT2D eigenvalue weighted by Crippen LogP contribution is -2.36. The number of ether oxygens (including phenoxy) is 2. The molecule has 156 valence electrons. The average Bonchev–Trinajstić information content (AvgIpc) is 3.28. The smallest absolute Gasteiger partial charge is 0.251 e.